The van der Waals surface area contributed by atoms with Crippen LogP contribution in [0, 0.1) is 0 Å². The van der Waals surface area contributed by atoms with Crippen LogP contribution in [0.4, 0.5) is 4.79 Å². The first-order valence-corrected chi connectivity index (χ1v) is 5.14. The molecule has 7 heteroatoms. The zero-order valence-corrected chi connectivity index (χ0v) is 10.5. The van der Waals surface area contributed by atoms with Crippen LogP contribution in [0.1, 0.15) is 27.7 Å². The summed E-state index contributed by atoms with van der Waals surface area (Å²) in [5.74, 6) is -1.66. The lowest BCUT2D eigenvalue weighted by atomic mass is 10.0. The van der Waals surface area contributed by atoms with E-state index < -0.39 is 29.5 Å². The summed E-state index contributed by atoms with van der Waals surface area (Å²) in [5, 5.41) is 10.7. The normalized spacial score (nSPS) is 13.2. The molecule has 0 rings (SSSR count). The van der Waals surface area contributed by atoms with E-state index in [9.17, 15) is 14.4 Å². The number of nitrogens with one attached hydrogen (secondary N) is 1. The van der Waals surface area contributed by atoms with Gasteiger partial charge in [-0.15, -0.1) is 0 Å². The molecule has 0 fully saturated rings. The zero-order chi connectivity index (χ0) is 13.8. The van der Waals surface area contributed by atoms with E-state index in [1.165, 1.54) is 11.8 Å². The van der Waals surface area contributed by atoms with Crippen molar-refractivity contribution in [2.45, 2.75) is 39.3 Å². The van der Waals surface area contributed by atoms with Crippen molar-refractivity contribution < 1.29 is 19.5 Å². The van der Waals surface area contributed by atoms with Crippen molar-refractivity contribution in [3.63, 3.8) is 0 Å². The fourth-order valence-electron chi connectivity index (χ4n) is 1.47. The fraction of sp³-hybridized carbons (Fsp3) is 0.700. The number of rotatable bonds is 4. The Labute approximate surface area is 100.0 Å². The van der Waals surface area contributed by atoms with Crippen molar-refractivity contribution in [1.82, 2.24) is 10.2 Å². The van der Waals surface area contributed by atoms with Crippen LogP contribution in [0.5, 0.6) is 0 Å². The molecule has 3 amide bonds. The van der Waals surface area contributed by atoms with Crippen molar-refractivity contribution in [1.29, 1.82) is 0 Å². The molecule has 1 atom stereocenters. The van der Waals surface area contributed by atoms with Gasteiger partial charge in [0, 0.05) is 5.54 Å². The highest BCUT2D eigenvalue weighted by Crippen LogP contribution is 2.16. The predicted molar refractivity (Wildman–Crippen MR) is 61.3 cm³/mol. The smallest absolute Gasteiger partial charge is 0.318 e. The van der Waals surface area contributed by atoms with Crippen molar-refractivity contribution >= 4 is 17.9 Å². The maximum Gasteiger partial charge on any atom is 0.318 e. The van der Waals surface area contributed by atoms with E-state index in [-0.39, 0.29) is 6.54 Å². The maximum atomic E-state index is 11.6. The lowest BCUT2D eigenvalue weighted by molar-refractivity contribution is -0.142. The largest absolute Gasteiger partial charge is 0.480 e. The molecule has 0 spiro atoms. The number of aliphatic carboxylic acids is 1. The van der Waals surface area contributed by atoms with E-state index in [1.54, 1.807) is 20.8 Å². The molecule has 0 radical (unpaired) electrons. The summed E-state index contributed by atoms with van der Waals surface area (Å²) in [4.78, 5) is 34.3. The molecule has 0 aromatic heterocycles. The number of nitrogens with two attached hydrogens (primary N) is 1. The van der Waals surface area contributed by atoms with Crippen molar-refractivity contribution in [2.24, 2.45) is 5.73 Å². The summed E-state index contributed by atoms with van der Waals surface area (Å²) in [6.07, 6.45) is 0. The van der Waals surface area contributed by atoms with Crippen LogP contribution in [-0.4, -0.2) is 46.0 Å². The Morgan fingerprint density at radius 3 is 2.12 bits per heavy atom. The molecule has 0 aliphatic heterocycles. The minimum absolute atomic E-state index is 0.295. The molecular weight excluding hydrogens is 226 g/mol. The number of carboxylic acid groups (broad SMARTS) is 1. The van der Waals surface area contributed by atoms with Gasteiger partial charge in [-0.05, 0) is 27.7 Å². The summed E-state index contributed by atoms with van der Waals surface area (Å²) < 4.78 is 0. The van der Waals surface area contributed by atoms with Gasteiger partial charge in [-0.1, -0.05) is 0 Å². The number of nitrogens with zero attached hydrogens (tertiary/aromatic N) is 1. The lowest BCUT2D eigenvalue weighted by Gasteiger charge is -2.38. The maximum absolute atomic E-state index is 11.6. The fourth-order valence-corrected chi connectivity index (χ4v) is 1.47. The molecule has 0 aliphatic rings. The Balaban J connectivity index is 4.86. The Bertz CT molecular complexity index is 322. The molecule has 0 saturated carbocycles. The van der Waals surface area contributed by atoms with Crippen LogP contribution in [0.15, 0.2) is 0 Å². The molecule has 0 aromatic carbocycles. The molecule has 1 unspecified atom stereocenters. The van der Waals surface area contributed by atoms with Gasteiger partial charge in [0.05, 0.1) is 12.6 Å². The quantitative estimate of drug-likeness (QED) is 0.632. The monoisotopic (exact) mass is 245 g/mol. The van der Waals surface area contributed by atoms with Crippen LogP contribution < -0.4 is 11.1 Å². The van der Waals surface area contributed by atoms with Gasteiger partial charge in [0.2, 0.25) is 5.91 Å². The standard InChI is InChI=1S/C10H19N3O4/c1-6(8(16)12-9(11)17)13(5-7(14)15)10(2,3)4/h6H,5H2,1-4H3,(H,14,15)(H3,11,12,16,17). The van der Waals surface area contributed by atoms with Gasteiger partial charge in [-0.2, -0.15) is 0 Å². The Morgan fingerprint density at radius 2 is 1.82 bits per heavy atom. The van der Waals surface area contributed by atoms with E-state index in [4.69, 9.17) is 10.8 Å². The van der Waals surface area contributed by atoms with Crippen molar-refractivity contribution in [3.05, 3.63) is 0 Å². The molecule has 4 N–H and O–H groups in total. The Hall–Kier alpha value is -1.63. The summed E-state index contributed by atoms with van der Waals surface area (Å²) in [6.45, 7) is 6.57. The zero-order valence-electron chi connectivity index (χ0n) is 10.5. The van der Waals surface area contributed by atoms with Crippen molar-refractivity contribution in [2.75, 3.05) is 6.54 Å². The third-order valence-electron chi connectivity index (χ3n) is 2.26. The highest BCUT2D eigenvalue weighted by molar-refractivity contribution is 5.96. The second kappa shape index (κ2) is 5.62. The SMILES string of the molecule is CC(C(=O)NC(N)=O)N(CC(=O)O)C(C)(C)C. The minimum atomic E-state index is -1.04. The minimum Gasteiger partial charge on any atom is -0.480 e. The Kier molecular flexibility index (Phi) is 5.09. The molecule has 98 valence electrons. The first-order valence-electron chi connectivity index (χ1n) is 5.14. The van der Waals surface area contributed by atoms with Crippen LogP contribution in [0.2, 0.25) is 0 Å². The van der Waals surface area contributed by atoms with Crippen LogP contribution in [0.3, 0.4) is 0 Å². The number of urea groups is 1. The molecule has 0 heterocycles. The van der Waals surface area contributed by atoms with Gasteiger partial charge in [0.15, 0.2) is 0 Å². The third-order valence-corrected chi connectivity index (χ3v) is 2.26. The second-order valence-electron chi connectivity index (χ2n) is 4.72. The first-order chi connectivity index (χ1) is 7.55. The van der Waals surface area contributed by atoms with Gasteiger partial charge in [-0.3, -0.25) is 19.8 Å². The number of primary amides is 1. The number of hydrogen-bond acceptors (Lipinski definition) is 4. The number of imide groups is 1. The number of amides is 3. The molecule has 7 nitrogen and oxygen atoms in total. The van der Waals surface area contributed by atoms with Gasteiger partial charge < -0.3 is 10.8 Å². The average Bonchev–Trinajstić information content (AvgIpc) is 2.09. The first kappa shape index (κ1) is 15.4. The van der Waals surface area contributed by atoms with E-state index >= 15 is 0 Å². The molecule has 0 bridgehead atoms. The molecule has 0 saturated heterocycles. The molecule has 0 aromatic rings. The third kappa shape index (κ3) is 5.30. The molecular formula is C10H19N3O4. The molecule has 0 aliphatic carbocycles. The van der Waals surface area contributed by atoms with Crippen LogP contribution >= 0.6 is 0 Å². The molecule has 17 heavy (non-hydrogen) atoms. The van der Waals surface area contributed by atoms with Crippen LogP contribution in [0.25, 0.3) is 0 Å². The number of carboxylic acids is 1. The Morgan fingerprint density at radius 1 is 1.35 bits per heavy atom. The highest BCUT2D eigenvalue weighted by Gasteiger charge is 2.32. The van der Waals surface area contributed by atoms with Gasteiger partial charge in [0.1, 0.15) is 0 Å². The highest BCUT2D eigenvalue weighted by atomic mass is 16.4. The van der Waals surface area contributed by atoms with Gasteiger partial charge in [-0.25, -0.2) is 4.79 Å². The van der Waals surface area contributed by atoms with Crippen molar-refractivity contribution in [3.8, 4) is 0 Å². The van der Waals surface area contributed by atoms with Gasteiger partial charge in [0.25, 0.3) is 0 Å². The summed E-state index contributed by atoms with van der Waals surface area (Å²) in [6, 6.07) is -1.72. The second-order valence-corrected chi connectivity index (χ2v) is 4.72. The number of carbonyl (C=O) groups is 3. The summed E-state index contributed by atoms with van der Waals surface area (Å²) in [5.41, 5.74) is 4.31. The van der Waals surface area contributed by atoms with E-state index in [1.807, 2.05) is 5.32 Å². The summed E-state index contributed by atoms with van der Waals surface area (Å²) in [7, 11) is 0. The predicted octanol–water partition coefficient (Wildman–Crippen LogP) is -0.245. The van der Waals surface area contributed by atoms with Gasteiger partial charge >= 0.3 is 12.0 Å². The number of hydrogen-bond donors (Lipinski definition) is 3. The number of carbonyl (C=O) groups excluding carboxylic acids is 2. The van der Waals surface area contributed by atoms with E-state index in [2.05, 4.69) is 0 Å². The lowest BCUT2D eigenvalue weighted by Crippen LogP contribution is -2.56. The topological polar surface area (TPSA) is 113 Å². The van der Waals surface area contributed by atoms with E-state index in [0.29, 0.717) is 0 Å². The van der Waals surface area contributed by atoms with Crippen LogP contribution in [-0.2, 0) is 9.59 Å². The van der Waals surface area contributed by atoms with E-state index in [0.717, 1.165) is 0 Å². The summed E-state index contributed by atoms with van der Waals surface area (Å²) >= 11 is 0. The average molecular weight is 245 g/mol.